The van der Waals surface area contributed by atoms with Gasteiger partial charge in [0.25, 0.3) is 0 Å². The average molecular weight is 310 g/mol. The summed E-state index contributed by atoms with van der Waals surface area (Å²) in [7, 11) is -3.45. The number of hydrogen-bond acceptors (Lipinski definition) is 2. The van der Waals surface area contributed by atoms with E-state index in [0.29, 0.717) is 16.3 Å². The summed E-state index contributed by atoms with van der Waals surface area (Å²) in [6.45, 7) is 3.80. The molecular weight excluding hydrogens is 294 g/mol. The molecule has 2 rings (SSSR count). The van der Waals surface area contributed by atoms with Gasteiger partial charge < -0.3 is 0 Å². The zero-order valence-corrected chi connectivity index (χ0v) is 12.9. The third-order valence-corrected chi connectivity index (χ3v) is 4.38. The van der Waals surface area contributed by atoms with Crippen molar-refractivity contribution >= 4 is 27.3 Å². The van der Waals surface area contributed by atoms with Gasteiger partial charge in [-0.2, -0.15) is 0 Å². The molecule has 3 nitrogen and oxygen atoms in total. The molecule has 20 heavy (non-hydrogen) atoms. The molecule has 5 heteroatoms. The Labute approximate surface area is 124 Å². The number of rotatable bonds is 4. The molecule has 0 unspecified atom stereocenters. The van der Waals surface area contributed by atoms with Crippen molar-refractivity contribution in [2.75, 3.05) is 4.72 Å². The lowest BCUT2D eigenvalue weighted by molar-refractivity contribution is 0.600. The fourth-order valence-electron chi connectivity index (χ4n) is 1.90. The van der Waals surface area contributed by atoms with Crippen LogP contribution in [-0.4, -0.2) is 8.42 Å². The van der Waals surface area contributed by atoms with Crippen molar-refractivity contribution in [3.63, 3.8) is 0 Å². The van der Waals surface area contributed by atoms with Crippen LogP contribution in [0.4, 0.5) is 5.69 Å². The van der Waals surface area contributed by atoms with Crippen LogP contribution >= 0.6 is 11.6 Å². The SMILES string of the molecule is Cc1ccc(C)c(NS(=O)(=O)Cc2cccc(Cl)c2)c1. The smallest absolute Gasteiger partial charge is 0.236 e. The molecule has 0 aliphatic rings. The first-order valence-corrected chi connectivity index (χ1v) is 8.21. The highest BCUT2D eigenvalue weighted by Gasteiger charge is 2.13. The van der Waals surface area contributed by atoms with E-state index in [1.807, 2.05) is 32.0 Å². The molecule has 2 aromatic rings. The Kier molecular flexibility index (Phi) is 4.35. The fraction of sp³-hybridized carbons (Fsp3) is 0.200. The summed E-state index contributed by atoms with van der Waals surface area (Å²) in [4.78, 5) is 0. The maximum atomic E-state index is 12.2. The molecule has 0 aliphatic heterocycles. The summed E-state index contributed by atoms with van der Waals surface area (Å²) in [5, 5.41) is 0.532. The molecule has 0 saturated heterocycles. The van der Waals surface area contributed by atoms with Crippen molar-refractivity contribution in [1.29, 1.82) is 0 Å². The first-order valence-electron chi connectivity index (χ1n) is 6.18. The molecule has 0 fully saturated rings. The van der Waals surface area contributed by atoms with Crippen LogP contribution < -0.4 is 4.72 Å². The fourth-order valence-corrected chi connectivity index (χ4v) is 3.35. The molecule has 1 N–H and O–H groups in total. The second kappa shape index (κ2) is 5.85. The minimum atomic E-state index is -3.45. The summed E-state index contributed by atoms with van der Waals surface area (Å²) in [6, 6.07) is 12.5. The summed E-state index contributed by atoms with van der Waals surface area (Å²) < 4.78 is 27.0. The highest BCUT2D eigenvalue weighted by atomic mass is 35.5. The number of nitrogens with one attached hydrogen (secondary N) is 1. The molecule has 0 atom stereocenters. The Hall–Kier alpha value is -1.52. The van der Waals surface area contributed by atoms with Gasteiger partial charge >= 0.3 is 0 Å². The van der Waals surface area contributed by atoms with Crippen LogP contribution in [0.5, 0.6) is 0 Å². The van der Waals surface area contributed by atoms with Crippen molar-refractivity contribution in [2.45, 2.75) is 19.6 Å². The highest BCUT2D eigenvalue weighted by Crippen LogP contribution is 2.20. The van der Waals surface area contributed by atoms with E-state index in [4.69, 9.17) is 11.6 Å². The summed E-state index contributed by atoms with van der Waals surface area (Å²) >= 11 is 5.86. The lowest BCUT2D eigenvalue weighted by Gasteiger charge is -2.11. The van der Waals surface area contributed by atoms with Crippen molar-refractivity contribution in [1.82, 2.24) is 0 Å². The monoisotopic (exact) mass is 309 g/mol. The Morgan fingerprint density at radius 3 is 2.55 bits per heavy atom. The van der Waals surface area contributed by atoms with Crippen LogP contribution in [0.25, 0.3) is 0 Å². The van der Waals surface area contributed by atoms with Crippen LogP contribution in [0.3, 0.4) is 0 Å². The molecule has 0 spiro atoms. The van der Waals surface area contributed by atoms with E-state index in [1.54, 1.807) is 24.3 Å². The average Bonchev–Trinajstić information content (AvgIpc) is 2.33. The predicted molar refractivity (Wildman–Crippen MR) is 83.6 cm³/mol. The Balaban J connectivity index is 2.21. The van der Waals surface area contributed by atoms with Crippen LogP contribution in [0.2, 0.25) is 5.02 Å². The Morgan fingerprint density at radius 2 is 1.85 bits per heavy atom. The molecule has 0 heterocycles. The van der Waals surface area contributed by atoms with Gasteiger partial charge in [-0.1, -0.05) is 35.9 Å². The number of halogens is 1. The zero-order valence-electron chi connectivity index (χ0n) is 11.4. The number of anilines is 1. The maximum Gasteiger partial charge on any atom is 0.236 e. The third-order valence-electron chi connectivity index (χ3n) is 2.90. The van der Waals surface area contributed by atoms with Crippen LogP contribution in [0.15, 0.2) is 42.5 Å². The molecule has 0 saturated carbocycles. The third kappa shape index (κ3) is 3.99. The topological polar surface area (TPSA) is 46.2 Å². The largest absolute Gasteiger partial charge is 0.283 e. The van der Waals surface area contributed by atoms with Crippen molar-refractivity contribution in [3.05, 3.63) is 64.2 Å². The van der Waals surface area contributed by atoms with E-state index >= 15 is 0 Å². The predicted octanol–water partition coefficient (Wildman–Crippen LogP) is 3.90. The summed E-state index contributed by atoms with van der Waals surface area (Å²) in [5.74, 6) is -0.0963. The van der Waals surface area contributed by atoms with Gasteiger partial charge in [0.15, 0.2) is 0 Å². The Morgan fingerprint density at radius 1 is 1.10 bits per heavy atom. The first kappa shape index (κ1) is 14.9. The molecule has 0 amide bonds. The molecule has 106 valence electrons. The Bertz CT molecular complexity index is 726. The van der Waals surface area contributed by atoms with Crippen molar-refractivity contribution < 1.29 is 8.42 Å². The number of hydrogen-bond donors (Lipinski definition) is 1. The van der Waals surface area contributed by atoms with Crippen LogP contribution in [0, 0.1) is 13.8 Å². The van der Waals surface area contributed by atoms with Gasteiger partial charge in [-0.15, -0.1) is 0 Å². The van der Waals surface area contributed by atoms with Crippen molar-refractivity contribution in [3.8, 4) is 0 Å². The second-order valence-corrected chi connectivity index (χ2v) is 6.97. The summed E-state index contributed by atoms with van der Waals surface area (Å²) in [5.41, 5.74) is 3.18. The van der Waals surface area contributed by atoms with Gasteiger partial charge in [-0.3, -0.25) is 4.72 Å². The first-order chi connectivity index (χ1) is 9.35. The maximum absolute atomic E-state index is 12.2. The van der Waals surface area contributed by atoms with Gasteiger partial charge in [0.05, 0.1) is 11.4 Å². The standard InChI is InChI=1S/C15H16ClNO2S/c1-11-6-7-12(2)15(8-11)17-20(18,19)10-13-4-3-5-14(16)9-13/h3-9,17H,10H2,1-2H3. The zero-order chi connectivity index (χ0) is 14.8. The lowest BCUT2D eigenvalue weighted by Crippen LogP contribution is -2.15. The van der Waals surface area contributed by atoms with Crippen molar-refractivity contribution in [2.24, 2.45) is 0 Å². The molecule has 0 bridgehead atoms. The minimum Gasteiger partial charge on any atom is -0.283 e. The molecule has 0 radical (unpaired) electrons. The highest BCUT2D eigenvalue weighted by molar-refractivity contribution is 7.91. The number of sulfonamides is 1. The van der Waals surface area contributed by atoms with Gasteiger partial charge in [0.2, 0.25) is 10.0 Å². The normalized spacial score (nSPS) is 11.3. The second-order valence-electron chi connectivity index (χ2n) is 4.81. The quantitative estimate of drug-likeness (QED) is 0.931. The number of benzene rings is 2. The molecular formula is C15H16ClNO2S. The van der Waals surface area contributed by atoms with E-state index < -0.39 is 10.0 Å². The van der Waals surface area contributed by atoms with Crippen LogP contribution in [-0.2, 0) is 15.8 Å². The van der Waals surface area contributed by atoms with E-state index in [-0.39, 0.29) is 5.75 Å². The van der Waals surface area contributed by atoms with E-state index in [0.717, 1.165) is 11.1 Å². The van der Waals surface area contributed by atoms with Gasteiger partial charge in [-0.05, 0) is 48.7 Å². The van der Waals surface area contributed by atoms with Gasteiger partial charge in [0.1, 0.15) is 0 Å². The van der Waals surface area contributed by atoms with E-state index in [9.17, 15) is 8.42 Å². The molecule has 0 aliphatic carbocycles. The molecule has 2 aromatic carbocycles. The molecule has 0 aromatic heterocycles. The van der Waals surface area contributed by atoms with Crippen LogP contribution in [0.1, 0.15) is 16.7 Å². The lowest BCUT2D eigenvalue weighted by atomic mass is 10.1. The number of aryl methyl sites for hydroxylation is 2. The van der Waals surface area contributed by atoms with E-state index in [1.165, 1.54) is 0 Å². The summed E-state index contributed by atoms with van der Waals surface area (Å²) in [6.07, 6.45) is 0. The van der Waals surface area contributed by atoms with Gasteiger partial charge in [0, 0.05) is 5.02 Å². The van der Waals surface area contributed by atoms with E-state index in [2.05, 4.69) is 4.72 Å². The minimum absolute atomic E-state index is 0.0963. The van der Waals surface area contributed by atoms with Gasteiger partial charge in [-0.25, -0.2) is 8.42 Å².